The molecule has 0 aromatic carbocycles. The predicted octanol–water partition coefficient (Wildman–Crippen LogP) is 1.83. The third kappa shape index (κ3) is 22.3. The molecule has 0 saturated heterocycles. The van der Waals surface area contributed by atoms with Crippen LogP contribution in [0.5, 0.6) is 0 Å². The molecule has 46 valence electrons. The lowest BCUT2D eigenvalue weighted by Gasteiger charge is -1.71. The Labute approximate surface area is 56.3 Å². The van der Waals surface area contributed by atoms with Crippen molar-refractivity contribution in [1.29, 1.82) is 0 Å². The van der Waals surface area contributed by atoms with Crippen LogP contribution in [0.1, 0.15) is 20.3 Å². The number of carbonyl (C=O) groups excluding carboxylic acids is 1. The lowest BCUT2D eigenvalue weighted by Crippen LogP contribution is -1.80. The zero-order valence-corrected chi connectivity index (χ0v) is 6.06. The monoisotopic (exact) mass is 144 g/mol. The van der Waals surface area contributed by atoms with E-state index in [1.807, 2.05) is 6.92 Å². The summed E-state index contributed by atoms with van der Waals surface area (Å²) < 4.78 is 0. The predicted molar refractivity (Wildman–Crippen MR) is 35.5 cm³/mol. The molecule has 0 atom stereocenters. The Morgan fingerprint density at radius 1 is 1.43 bits per heavy atom. The zero-order chi connectivity index (χ0) is 4.28. The van der Waals surface area contributed by atoms with Crippen LogP contribution in [0.2, 0.25) is 0 Å². The van der Waals surface area contributed by atoms with Gasteiger partial charge in [0.15, 0.2) is 0 Å². The third-order valence-electron chi connectivity index (χ3n) is 0.498. The Balaban J connectivity index is -0.0000000800. The highest BCUT2D eigenvalue weighted by molar-refractivity contribution is 5.85. The summed E-state index contributed by atoms with van der Waals surface area (Å²) in [5.41, 5.74) is 0. The largest absolute Gasteiger partial charge is 0.300 e. The lowest BCUT2D eigenvalue weighted by molar-refractivity contribution is -0.116. The molecule has 0 aromatic rings. The number of ketones is 1. The molecule has 0 amide bonds. The maximum absolute atomic E-state index is 9.81. The van der Waals surface area contributed by atoms with Gasteiger partial charge in [-0.05, 0) is 6.92 Å². The van der Waals surface area contributed by atoms with Crippen molar-refractivity contribution in [3.8, 4) is 0 Å². The van der Waals surface area contributed by atoms with Crippen LogP contribution in [0.15, 0.2) is 0 Å². The second-order valence-electron chi connectivity index (χ2n) is 1.06. The lowest BCUT2D eigenvalue weighted by atomic mass is 10.4. The molecule has 0 rings (SSSR count). The van der Waals surface area contributed by atoms with E-state index in [0.717, 1.165) is 0 Å². The number of halogens is 2. The van der Waals surface area contributed by atoms with E-state index < -0.39 is 0 Å². The van der Waals surface area contributed by atoms with Crippen molar-refractivity contribution in [2.24, 2.45) is 0 Å². The summed E-state index contributed by atoms with van der Waals surface area (Å²) in [7, 11) is 0. The highest BCUT2D eigenvalue weighted by Gasteiger charge is 1.76. The average Bonchev–Trinajstić information content (AvgIpc) is 1.38. The van der Waals surface area contributed by atoms with E-state index in [-0.39, 0.29) is 30.6 Å². The minimum atomic E-state index is 0. The van der Waals surface area contributed by atoms with Crippen LogP contribution < -0.4 is 0 Å². The fraction of sp³-hybridized carbons (Fsp3) is 0.750. The van der Waals surface area contributed by atoms with Gasteiger partial charge in [-0.25, -0.2) is 0 Å². The molecule has 0 unspecified atom stereocenters. The number of hydrogen-bond acceptors (Lipinski definition) is 1. The molecular formula is C4H10Cl2O. The summed E-state index contributed by atoms with van der Waals surface area (Å²) in [4.78, 5) is 9.81. The van der Waals surface area contributed by atoms with Crippen molar-refractivity contribution >= 4 is 30.6 Å². The fourth-order valence-corrected chi connectivity index (χ4v) is 0. The molecule has 0 heterocycles. The Hall–Kier alpha value is 0.250. The van der Waals surface area contributed by atoms with Gasteiger partial charge < -0.3 is 4.79 Å². The first-order valence-electron chi connectivity index (χ1n) is 1.76. The molecule has 0 spiro atoms. The smallest absolute Gasteiger partial charge is 0.129 e. The van der Waals surface area contributed by atoms with E-state index in [1.54, 1.807) is 6.92 Å². The topological polar surface area (TPSA) is 17.1 Å². The van der Waals surface area contributed by atoms with Gasteiger partial charge in [0.2, 0.25) is 0 Å². The van der Waals surface area contributed by atoms with E-state index in [2.05, 4.69) is 0 Å². The second kappa shape index (κ2) is 9.54. The molecule has 7 heavy (non-hydrogen) atoms. The number of rotatable bonds is 1. The van der Waals surface area contributed by atoms with Crippen LogP contribution in [-0.4, -0.2) is 5.78 Å². The molecule has 0 bridgehead atoms. The van der Waals surface area contributed by atoms with Gasteiger partial charge in [0, 0.05) is 6.42 Å². The standard InChI is InChI=1S/C4H8O.2ClH/c1-3-4(2)5;;/h3H2,1-2H3;2*1H. The Morgan fingerprint density at radius 3 is 1.57 bits per heavy atom. The van der Waals surface area contributed by atoms with Gasteiger partial charge in [0.1, 0.15) is 5.78 Å². The van der Waals surface area contributed by atoms with E-state index in [0.29, 0.717) is 6.42 Å². The number of Topliss-reactive ketones (excluding diaryl/α,β-unsaturated/α-hetero) is 1. The highest BCUT2D eigenvalue weighted by atomic mass is 35.5. The van der Waals surface area contributed by atoms with Crippen LogP contribution in [-0.2, 0) is 4.79 Å². The quantitative estimate of drug-likeness (QED) is 0.550. The molecule has 0 fully saturated rings. The number of hydrogen-bond donors (Lipinski definition) is 0. The normalized spacial score (nSPS) is 5.43. The minimum absolute atomic E-state index is 0. The Kier molecular flexibility index (Phi) is 21.4. The maximum atomic E-state index is 9.81. The van der Waals surface area contributed by atoms with E-state index in [9.17, 15) is 4.79 Å². The highest BCUT2D eigenvalue weighted by Crippen LogP contribution is 1.71. The SMILES string of the molecule is CCC(C)=O.Cl.Cl. The van der Waals surface area contributed by atoms with Crippen molar-refractivity contribution in [2.45, 2.75) is 20.3 Å². The molecule has 0 aliphatic rings. The summed E-state index contributed by atoms with van der Waals surface area (Å²) in [5, 5.41) is 0. The summed E-state index contributed by atoms with van der Waals surface area (Å²) in [6.07, 6.45) is 0.667. The molecule has 3 heteroatoms. The van der Waals surface area contributed by atoms with Gasteiger partial charge in [-0.15, -0.1) is 24.8 Å². The molecule has 0 aliphatic carbocycles. The van der Waals surface area contributed by atoms with E-state index in [1.165, 1.54) is 0 Å². The maximum Gasteiger partial charge on any atom is 0.129 e. The molecule has 0 saturated carbocycles. The molecule has 0 aliphatic heterocycles. The molecule has 0 radical (unpaired) electrons. The first kappa shape index (κ1) is 15.7. The van der Waals surface area contributed by atoms with Crippen molar-refractivity contribution in [1.82, 2.24) is 0 Å². The van der Waals surface area contributed by atoms with Gasteiger partial charge >= 0.3 is 0 Å². The van der Waals surface area contributed by atoms with Crippen molar-refractivity contribution < 1.29 is 4.79 Å². The van der Waals surface area contributed by atoms with Gasteiger partial charge in [0.25, 0.3) is 0 Å². The second-order valence-corrected chi connectivity index (χ2v) is 1.06. The zero-order valence-electron chi connectivity index (χ0n) is 4.43. The summed E-state index contributed by atoms with van der Waals surface area (Å²) in [5.74, 6) is 0.255. The third-order valence-corrected chi connectivity index (χ3v) is 0.498. The van der Waals surface area contributed by atoms with Crippen LogP contribution >= 0.6 is 24.8 Å². The van der Waals surface area contributed by atoms with Crippen LogP contribution in [0.4, 0.5) is 0 Å². The van der Waals surface area contributed by atoms with E-state index >= 15 is 0 Å². The molecule has 1 nitrogen and oxygen atoms in total. The molecule has 0 aromatic heterocycles. The number of carbonyl (C=O) groups is 1. The Bertz CT molecular complexity index is 45.0. The van der Waals surface area contributed by atoms with Crippen LogP contribution in [0.25, 0.3) is 0 Å². The molecule has 0 N–H and O–H groups in total. The minimum Gasteiger partial charge on any atom is -0.300 e. The summed E-state index contributed by atoms with van der Waals surface area (Å²) in [6, 6.07) is 0. The Morgan fingerprint density at radius 2 is 1.57 bits per heavy atom. The van der Waals surface area contributed by atoms with Crippen LogP contribution in [0.3, 0.4) is 0 Å². The van der Waals surface area contributed by atoms with E-state index in [4.69, 9.17) is 0 Å². The summed E-state index contributed by atoms with van der Waals surface area (Å²) >= 11 is 0. The first-order valence-corrected chi connectivity index (χ1v) is 1.76. The van der Waals surface area contributed by atoms with Crippen molar-refractivity contribution in [2.75, 3.05) is 0 Å². The van der Waals surface area contributed by atoms with Crippen molar-refractivity contribution in [3.63, 3.8) is 0 Å². The van der Waals surface area contributed by atoms with Crippen molar-refractivity contribution in [3.05, 3.63) is 0 Å². The average molecular weight is 145 g/mol. The molecular weight excluding hydrogens is 135 g/mol. The van der Waals surface area contributed by atoms with Gasteiger partial charge in [-0.1, -0.05) is 6.92 Å². The van der Waals surface area contributed by atoms with Gasteiger partial charge in [-0.3, -0.25) is 0 Å². The first-order chi connectivity index (χ1) is 2.27. The van der Waals surface area contributed by atoms with Gasteiger partial charge in [0.05, 0.1) is 0 Å². The summed E-state index contributed by atoms with van der Waals surface area (Å²) in [6.45, 7) is 3.43. The van der Waals surface area contributed by atoms with Crippen LogP contribution in [0, 0.1) is 0 Å². The fourth-order valence-electron chi connectivity index (χ4n) is 0. The van der Waals surface area contributed by atoms with Gasteiger partial charge in [-0.2, -0.15) is 0 Å².